The van der Waals surface area contributed by atoms with Crippen molar-refractivity contribution in [1.82, 2.24) is 30.1 Å². The van der Waals surface area contributed by atoms with E-state index in [9.17, 15) is 9.59 Å². The summed E-state index contributed by atoms with van der Waals surface area (Å²) < 4.78 is 6.99. The summed E-state index contributed by atoms with van der Waals surface area (Å²) in [5, 5.41) is 11.1. The molecule has 1 N–H and O–H groups in total. The van der Waals surface area contributed by atoms with E-state index in [2.05, 4.69) is 15.6 Å². The average molecular weight is 378 g/mol. The van der Waals surface area contributed by atoms with Crippen molar-refractivity contribution in [2.24, 2.45) is 0 Å². The number of likely N-dealkylation sites (tertiary alicyclic amines) is 1. The first-order valence-corrected chi connectivity index (χ1v) is 9.89. The first kappa shape index (κ1) is 19.6. The standard InChI is InChI=1S/C18H30N6O3/c1-14(2)19-18(26)24-7-4-3-5-15(24)6-8-23-13-16(20-21-23)17(25)22-9-11-27-12-10-22/h13-15H,3-12H2,1-2H3,(H,19,26). The number of aryl methyl sites for hydroxylation is 1. The lowest BCUT2D eigenvalue weighted by Crippen LogP contribution is -2.50. The Kier molecular flexibility index (Phi) is 6.65. The van der Waals surface area contributed by atoms with E-state index in [1.54, 1.807) is 15.8 Å². The fourth-order valence-corrected chi connectivity index (χ4v) is 3.61. The second kappa shape index (κ2) is 9.16. The molecule has 9 heteroatoms. The third kappa shape index (κ3) is 5.18. The van der Waals surface area contributed by atoms with Crippen LogP contribution in [-0.2, 0) is 11.3 Å². The second-order valence-corrected chi connectivity index (χ2v) is 7.51. The minimum absolute atomic E-state index is 0.0106. The molecule has 150 valence electrons. The smallest absolute Gasteiger partial charge is 0.317 e. The molecular weight excluding hydrogens is 348 g/mol. The zero-order valence-corrected chi connectivity index (χ0v) is 16.3. The van der Waals surface area contributed by atoms with Crippen molar-refractivity contribution < 1.29 is 14.3 Å². The molecule has 1 aromatic heterocycles. The molecule has 0 aliphatic carbocycles. The minimum Gasteiger partial charge on any atom is -0.378 e. The number of aromatic nitrogens is 3. The highest BCUT2D eigenvalue weighted by molar-refractivity contribution is 5.92. The fraction of sp³-hybridized carbons (Fsp3) is 0.778. The maximum Gasteiger partial charge on any atom is 0.317 e. The second-order valence-electron chi connectivity index (χ2n) is 7.51. The number of nitrogens with one attached hydrogen (secondary N) is 1. The van der Waals surface area contributed by atoms with Gasteiger partial charge in [-0.25, -0.2) is 4.79 Å². The van der Waals surface area contributed by atoms with Gasteiger partial charge in [0.05, 0.1) is 19.4 Å². The first-order chi connectivity index (χ1) is 13.0. The van der Waals surface area contributed by atoms with Gasteiger partial charge in [-0.2, -0.15) is 0 Å². The number of piperidine rings is 1. The van der Waals surface area contributed by atoms with E-state index in [4.69, 9.17) is 4.74 Å². The SMILES string of the molecule is CC(C)NC(=O)N1CCCCC1CCn1cc(C(=O)N2CCOCC2)nn1. The van der Waals surface area contributed by atoms with Gasteiger partial charge >= 0.3 is 6.03 Å². The van der Waals surface area contributed by atoms with E-state index in [1.165, 1.54) is 0 Å². The minimum atomic E-state index is -0.0971. The summed E-state index contributed by atoms with van der Waals surface area (Å²) in [5.74, 6) is -0.0971. The van der Waals surface area contributed by atoms with Gasteiger partial charge in [0.2, 0.25) is 0 Å². The van der Waals surface area contributed by atoms with Gasteiger partial charge in [-0.15, -0.1) is 5.10 Å². The van der Waals surface area contributed by atoms with Gasteiger partial charge in [0.25, 0.3) is 5.91 Å². The number of hydrogen-bond acceptors (Lipinski definition) is 5. The van der Waals surface area contributed by atoms with Gasteiger partial charge in [0.15, 0.2) is 5.69 Å². The molecule has 0 aromatic carbocycles. The molecular formula is C18H30N6O3. The van der Waals surface area contributed by atoms with Crippen LogP contribution in [0.3, 0.4) is 0 Å². The Morgan fingerprint density at radius 1 is 1.26 bits per heavy atom. The van der Waals surface area contributed by atoms with Gasteiger partial charge in [-0.1, -0.05) is 5.21 Å². The Labute approximate surface area is 160 Å². The lowest BCUT2D eigenvalue weighted by molar-refractivity contribution is 0.0299. The highest BCUT2D eigenvalue weighted by Gasteiger charge is 2.27. The van der Waals surface area contributed by atoms with Gasteiger partial charge in [0, 0.05) is 38.3 Å². The van der Waals surface area contributed by atoms with Crippen molar-refractivity contribution in [2.45, 2.75) is 58.2 Å². The molecule has 9 nitrogen and oxygen atoms in total. The summed E-state index contributed by atoms with van der Waals surface area (Å²) in [6.07, 6.45) is 5.69. The molecule has 0 spiro atoms. The summed E-state index contributed by atoms with van der Waals surface area (Å²) in [6.45, 7) is 7.69. The summed E-state index contributed by atoms with van der Waals surface area (Å²) in [5.41, 5.74) is 0.370. The number of ether oxygens (including phenoxy) is 1. The summed E-state index contributed by atoms with van der Waals surface area (Å²) >= 11 is 0. The van der Waals surface area contributed by atoms with Gasteiger partial charge in [0.1, 0.15) is 0 Å². The quantitative estimate of drug-likeness (QED) is 0.829. The van der Waals surface area contributed by atoms with E-state index >= 15 is 0 Å². The van der Waals surface area contributed by atoms with Crippen LogP contribution < -0.4 is 5.32 Å². The van der Waals surface area contributed by atoms with E-state index in [0.29, 0.717) is 38.5 Å². The van der Waals surface area contributed by atoms with Crippen LogP contribution in [-0.4, -0.2) is 81.7 Å². The predicted molar refractivity (Wildman–Crippen MR) is 99.4 cm³/mol. The van der Waals surface area contributed by atoms with E-state index in [0.717, 1.165) is 32.2 Å². The summed E-state index contributed by atoms with van der Waals surface area (Å²) in [4.78, 5) is 28.6. The van der Waals surface area contributed by atoms with Crippen molar-refractivity contribution in [3.8, 4) is 0 Å². The molecule has 0 radical (unpaired) electrons. The van der Waals surface area contributed by atoms with Crippen molar-refractivity contribution in [3.63, 3.8) is 0 Å². The van der Waals surface area contributed by atoms with Crippen molar-refractivity contribution in [1.29, 1.82) is 0 Å². The molecule has 1 atom stereocenters. The molecule has 2 aliphatic heterocycles. The lowest BCUT2D eigenvalue weighted by atomic mass is 10.00. The Bertz CT molecular complexity index is 641. The Morgan fingerprint density at radius 2 is 2.04 bits per heavy atom. The van der Waals surface area contributed by atoms with Crippen LogP contribution in [0, 0.1) is 0 Å². The molecule has 0 bridgehead atoms. The maximum absolute atomic E-state index is 12.5. The highest BCUT2D eigenvalue weighted by atomic mass is 16.5. The third-order valence-electron chi connectivity index (χ3n) is 5.05. The number of morpholine rings is 1. The van der Waals surface area contributed by atoms with Crippen LogP contribution in [0.15, 0.2) is 6.20 Å². The van der Waals surface area contributed by atoms with Gasteiger partial charge in [-0.3, -0.25) is 9.48 Å². The normalized spacial score (nSPS) is 20.8. The number of hydrogen-bond donors (Lipinski definition) is 1. The van der Waals surface area contributed by atoms with E-state index in [1.807, 2.05) is 18.7 Å². The maximum atomic E-state index is 12.5. The zero-order valence-electron chi connectivity index (χ0n) is 16.3. The Balaban J connectivity index is 1.55. The van der Waals surface area contributed by atoms with Crippen LogP contribution >= 0.6 is 0 Å². The van der Waals surface area contributed by atoms with Gasteiger partial charge in [-0.05, 0) is 39.5 Å². The van der Waals surface area contributed by atoms with Crippen LogP contribution in [0.25, 0.3) is 0 Å². The molecule has 27 heavy (non-hydrogen) atoms. The molecule has 0 saturated carbocycles. The predicted octanol–water partition coefficient (Wildman–Crippen LogP) is 1.11. The third-order valence-corrected chi connectivity index (χ3v) is 5.05. The molecule has 2 saturated heterocycles. The first-order valence-electron chi connectivity index (χ1n) is 9.89. The van der Waals surface area contributed by atoms with Gasteiger partial charge < -0.3 is 19.9 Å². The van der Waals surface area contributed by atoms with Crippen molar-refractivity contribution in [3.05, 3.63) is 11.9 Å². The summed E-state index contributed by atoms with van der Waals surface area (Å²) in [6, 6.07) is 0.334. The number of nitrogens with zero attached hydrogens (tertiary/aromatic N) is 5. The molecule has 1 aromatic rings. The lowest BCUT2D eigenvalue weighted by Gasteiger charge is -2.36. The monoisotopic (exact) mass is 378 g/mol. The fourth-order valence-electron chi connectivity index (χ4n) is 3.61. The van der Waals surface area contributed by atoms with Crippen molar-refractivity contribution >= 4 is 11.9 Å². The molecule has 2 aliphatic rings. The molecule has 3 amide bonds. The van der Waals surface area contributed by atoms with E-state index in [-0.39, 0.29) is 24.0 Å². The largest absolute Gasteiger partial charge is 0.378 e. The Morgan fingerprint density at radius 3 is 2.78 bits per heavy atom. The molecule has 3 rings (SSSR count). The number of carbonyl (C=O) groups excluding carboxylic acids is 2. The summed E-state index contributed by atoms with van der Waals surface area (Å²) in [7, 11) is 0. The van der Waals surface area contributed by atoms with Crippen molar-refractivity contribution in [2.75, 3.05) is 32.8 Å². The molecule has 2 fully saturated rings. The van der Waals surface area contributed by atoms with Crippen LogP contribution in [0.5, 0.6) is 0 Å². The number of rotatable bonds is 5. The van der Waals surface area contributed by atoms with Crippen LogP contribution in [0.1, 0.15) is 50.0 Å². The number of carbonyl (C=O) groups is 2. The zero-order chi connectivity index (χ0) is 19.2. The van der Waals surface area contributed by atoms with Crippen LogP contribution in [0.2, 0.25) is 0 Å². The van der Waals surface area contributed by atoms with Crippen LogP contribution in [0.4, 0.5) is 4.79 Å². The average Bonchev–Trinajstić information content (AvgIpc) is 3.15. The molecule has 3 heterocycles. The Hall–Kier alpha value is -2.16. The topological polar surface area (TPSA) is 92.6 Å². The van der Waals surface area contributed by atoms with E-state index < -0.39 is 0 Å². The highest BCUT2D eigenvalue weighted by Crippen LogP contribution is 2.20. The molecule has 1 unspecified atom stereocenters. The number of amides is 3. The number of urea groups is 1.